The lowest BCUT2D eigenvalue weighted by Crippen LogP contribution is -2.19. The summed E-state index contributed by atoms with van der Waals surface area (Å²) in [7, 11) is 0. The lowest BCUT2D eigenvalue weighted by molar-refractivity contribution is -0.114. The molecule has 0 saturated heterocycles. The van der Waals surface area contributed by atoms with Crippen LogP contribution in [0.5, 0.6) is 0 Å². The van der Waals surface area contributed by atoms with Gasteiger partial charge in [-0.2, -0.15) is 0 Å². The van der Waals surface area contributed by atoms with Gasteiger partial charge in [-0.25, -0.2) is 0 Å². The van der Waals surface area contributed by atoms with Crippen LogP contribution in [0.25, 0.3) is 5.70 Å². The SMILES string of the molecule is Cc1ccc(/C(N)=C(/C=Nc2ccccc2)C(N)=O)cc1. The Morgan fingerprint density at radius 2 is 1.62 bits per heavy atom. The first-order valence-corrected chi connectivity index (χ1v) is 6.53. The predicted molar refractivity (Wildman–Crippen MR) is 86.1 cm³/mol. The van der Waals surface area contributed by atoms with Crippen molar-refractivity contribution in [1.82, 2.24) is 0 Å². The summed E-state index contributed by atoms with van der Waals surface area (Å²) in [5.41, 5.74) is 14.6. The van der Waals surface area contributed by atoms with E-state index in [1.165, 1.54) is 6.21 Å². The van der Waals surface area contributed by atoms with Gasteiger partial charge in [-0.1, -0.05) is 48.0 Å². The maximum absolute atomic E-state index is 11.6. The first-order chi connectivity index (χ1) is 10.1. The van der Waals surface area contributed by atoms with Crippen molar-refractivity contribution in [3.05, 3.63) is 71.3 Å². The summed E-state index contributed by atoms with van der Waals surface area (Å²) in [5, 5.41) is 0. The standard InChI is InChI=1S/C17H17N3O/c1-12-7-9-13(10-8-12)16(18)15(17(19)21)11-20-14-5-3-2-4-6-14/h2-11H,18H2,1H3,(H2,19,21)/b16-15+,20-11?. The van der Waals surface area contributed by atoms with E-state index in [0.717, 1.165) is 16.8 Å². The number of amides is 1. The summed E-state index contributed by atoms with van der Waals surface area (Å²) >= 11 is 0. The van der Waals surface area contributed by atoms with Crippen molar-refractivity contribution in [2.24, 2.45) is 16.5 Å². The normalized spacial score (nSPS) is 12.2. The fraction of sp³-hybridized carbons (Fsp3) is 0.0588. The zero-order valence-electron chi connectivity index (χ0n) is 11.8. The second kappa shape index (κ2) is 6.52. The van der Waals surface area contributed by atoms with Crippen molar-refractivity contribution in [2.45, 2.75) is 6.92 Å². The van der Waals surface area contributed by atoms with Gasteiger partial charge in [0.1, 0.15) is 0 Å². The topological polar surface area (TPSA) is 81.5 Å². The van der Waals surface area contributed by atoms with Gasteiger partial charge < -0.3 is 11.5 Å². The molecular weight excluding hydrogens is 262 g/mol. The molecule has 0 fully saturated rings. The molecule has 106 valence electrons. The molecular formula is C17H17N3O. The van der Waals surface area contributed by atoms with Gasteiger partial charge >= 0.3 is 0 Å². The molecule has 21 heavy (non-hydrogen) atoms. The molecule has 0 aliphatic heterocycles. The highest BCUT2D eigenvalue weighted by Crippen LogP contribution is 2.15. The van der Waals surface area contributed by atoms with Crippen LogP contribution in [0, 0.1) is 6.92 Å². The number of hydrogen-bond donors (Lipinski definition) is 2. The molecule has 0 unspecified atom stereocenters. The van der Waals surface area contributed by atoms with Crippen LogP contribution in [-0.4, -0.2) is 12.1 Å². The number of rotatable bonds is 4. The number of para-hydroxylation sites is 1. The summed E-state index contributed by atoms with van der Waals surface area (Å²) < 4.78 is 0. The molecule has 0 spiro atoms. The van der Waals surface area contributed by atoms with Crippen LogP contribution < -0.4 is 11.5 Å². The van der Waals surface area contributed by atoms with E-state index in [1.807, 2.05) is 61.5 Å². The highest BCUT2D eigenvalue weighted by molar-refractivity contribution is 6.17. The lowest BCUT2D eigenvalue weighted by atomic mass is 10.1. The minimum absolute atomic E-state index is 0.197. The summed E-state index contributed by atoms with van der Waals surface area (Å²) in [4.78, 5) is 15.8. The van der Waals surface area contributed by atoms with Crippen LogP contribution in [0.15, 0.2) is 65.2 Å². The van der Waals surface area contributed by atoms with Gasteiger partial charge in [-0.15, -0.1) is 0 Å². The summed E-state index contributed by atoms with van der Waals surface area (Å²) in [6, 6.07) is 16.8. The summed E-state index contributed by atoms with van der Waals surface area (Å²) in [5.74, 6) is -0.604. The maximum atomic E-state index is 11.6. The van der Waals surface area contributed by atoms with Crippen LogP contribution in [-0.2, 0) is 4.79 Å². The third-order valence-corrected chi connectivity index (χ3v) is 3.02. The zero-order valence-corrected chi connectivity index (χ0v) is 11.8. The second-order valence-corrected chi connectivity index (χ2v) is 4.65. The van der Waals surface area contributed by atoms with E-state index in [4.69, 9.17) is 11.5 Å². The average Bonchev–Trinajstić information content (AvgIpc) is 2.48. The van der Waals surface area contributed by atoms with E-state index in [1.54, 1.807) is 0 Å². The average molecular weight is 279 g/mol. The minimum Gasteiger partial charge on any atom is -0.398 e. The summed E-state index contributed by atoms with van der Waals surface area (Å²) in [6.45, 7) is 1.98. The number of primary amides is 1. The third kappa shape index (κ3) is 3.79. The Morgan fingerprint density at radius 3 is 2.19 bits per heavy atom. The van der Waals surface area contributed by atoms with Gasteiger partial charge in [-0.3, -0.25) is 9.79 Å². The maximum Gasteiger partial charge on any atom is 0.252 e. The van der Waals surface area contributed by atoms with Crippen LogP contribution in [0.1, 0.15) is 11.1 Å². The van der Waals surface area contributed by atoms with Crippen LogP contribution in [0.4, 0.5) is 5.69 Å². The highest BCUT2D eigenvalue weighted by atomic mass is 16.1. The Hall–Kier alpha value is -2.88. The first-order valence-electron chi connectivity index (χ1n) is 6.53. The predicted octanol–water partition coefficient (Wildman–Crippen LogP) is 2.55. The number of benzene rings is 2. The molecule has 4 nitrogen and oxygen atoms in total. The van der Waals surface area contributed by atoms with Gasteiger partial charge in [0.2, 0.25) is 0 Å². The Kier molecular flexibility index (Phi) is 4.51. The number of aryl methyl sites for hydroxylation is 1. The molecule has 2 aromatic carbocycles. The van der Waals surface area contributed by atoms with Gasteiger partial charge in [0, 0.05) is 6.21 Å². The Labute approximate surface area is 123 Å². The van der Waals surface area contributed by atoms with Gasteiger partial charge in [0.25, 0.3) is 5.91 Å². The fourth-order valence-electron chi connectivity index (χ4n) is 1.81. The molecule has 0 aliphatic carbocycles. The van der Waals surface area contributed by atoms with Gasteiger partial charge in [0.15, 0.2) is 0 Å². The first kappa shape index (κ1) is 14.5. The number of hydrogen-bond acceptors (Lipinski definition) is 3. The zero-order chi connectivity index (χ0) is 15.2. The molecule has 2 rings (SSSR count). The second-order valence-electron chi connectivity index (χ2n) is 4.65. The molecule has 0 atom stereocenters. The Morgan fingerprint density at radius 1 is 1.00 bits per heavy atom. The number of aliphatic imine (C=N–C) groups is 1. The lowest BCUT2D eigenvalue weighted by Gasteiger charge is -2.06. The smallest absolute Gasteiger partial charge is 0.252 e. The monoisotopic (exact) mass is 279 g/mol. The van der Waals surface area contributed by atoms with E-state index in [2.05, 4.69) is 4.99 Å². The van der Waals surface area contributed by atoms with Crippen molar-refractivity contribution in [3.63, 3.8) is 0 Å². The van der Waals surface area contributed by atoms with Gasteiger partial charge in [0.05, 0.1) is 17.0 Å². The van der Waals surface area contributed by atoms with Crippen LogP contribution in [0.3, 0.4) is 0 Å². The van der Waals surface area contributed by atoms with E-state index >= 15 is 0 Å². The Balaban J connectivity index is 2.38. The van der Waals surface area contributed by atoms with E-state index in [0.29, 0.717) is 5.70 Å². The van der Waals surface area contributed by atoms with Crippen molar-refractivity contribution in [2.75, 3.05) is 0 Å². The van der Waals surface area contributed by atoms with Crippen molar-refractivity contribution >= 4 is 23.5 Å². The molecule has 4 N–H and O–H groups in total. The molecule has 4 heteroatoms. The van der Waals surface area contributed by atoms with E-state index in [9.17, 15) is 4.79 Å². The van der Waals surface area contributed by atoms with E-state index in [-0.39, 0.29) is 5.57 Å². The third-order valence-electron chi connectivity index (χ3n) is 3.02. The molecule has 0 saturated carbocycles. The van der Waals surface area contributed by atoms with Crippen molar-refractivity contribution in [3.8, 4) is 0 Å². The minimum atomic E-state index is -0.604. The number of nitrogens with two attached hydrogens (primary N) is 2. The fourth-order valence-corrected chi connectivity index (χ4v) is 1.81. The van der Waals surface area contributed by atoms with Crippen molar-refractivity contribution in [1.29, 1.82) is 0 Å². The highest BCUT2D eigenvalue weighted by Gasteiger charge is 2.09. The van der Waals surface area contributed by atoms with Crippen LogP contribution in [0.2, 0.25) is 0 Å². The number of carbonyl (C=O) groups is 1. The van der Waals surface area contributed by atoms with Crippen LogP contribution >= 0.6 is 0 Å². The summed E-state index contributed by atoms with van der Waals surface area (Å²) in [6.07, 6.45) is 1.41. The number of carbonyl (C=O) groups excluding carboxylic acids is 1. The Bertz CT molecular complexity index is 686. The molecule has 0 bridgehead atoms. The molecule has 0 aromatic heterocycles. The molecule has 2 aromatic rings. The molecule has 0 radical (unpaired) electrons. The van der Waals surface area contributed by atoms with Gasteiger partial charge in [-0.05, 0) is 24.6 Å². The van der Waals surface area contributed by atoms with Crippen molar-refractivity contribution < 1.29 is 4.79 Å². The molecule has 0 aliphatic rings. The molecule has 0 heterocycles. The molecule has 1 amide bonds. The van der Waals surface area contributed by atoms with E-state index < -0.39 is 5.91 Å². The number of nitrogens with zero attached hydrogens (tertiary/aromatic N) is 1. The largest absolute Gasteiger partial charge is 0.398 e. The quantitative estimate of drug-likeness (QED) is 0.666.